The van der Waals surface area contributed by atoms with E-state index in [0.29, 0.717) is 22.8 Å². The van der Waals surface area contributed by atoms with Crippen LogP contribution in [-0.4, -0.2) is 21.7 Å². The second kappa shape index (κ2) is 4.10. The standard InChI is InChI=1S/C13H10FN3O/c1-18-9-6-7-12-15-13(16-17(12)8-9)10-4-2-3-5-11(10)14/h2-8H,1H3. The number of hydrogen-bond acceptors (Lipinski definition) is 3. The Balaban J connectivity index is 2.17. The molecule has 0 radical (unpaired) electrons. The number of aromatic nitrogens is 3. The lowest BCUT2D eigenvalue weighted by Gasteiger charge is -1.97. The summed E-state index contributed by atoms with van der Waals surface area (Å²) in [7, 11) is 1.58. The van der Waals surface area contributed by atoms with Crippen LogP contribution in [0.3, 0.4) is 0 Å². The maximum absolute atomic E-state index is 13.6. The first-order valence-electron chi connectivity index (χ1n) is 5.43. The molecule has 0 bridgehead atoms. The summed E-state index contributed by atoms with van der Waals surface area (Å²) in [5, 5.41) is 4.24. The summed E-state index contributed by atoms with van der Waals surface area (Å²) >= 11 is 0. The largest absolute Gasteiger partial charge is 0.495 e. The van der Waals surface area contributed by atoms with Gasteiger partial charge in [0.1, 0.15) is 11.6 Å². The van der Waals surface area contributed by atoms with Gasteiger partial charge in [-0.25, -0.2) is 13.9 Å². The van der Waals surface area contributed by atoms with E-state index < -0.39 is 0 Å². The van der Waals surface area contributed by atoms with Crippen LogP contribution in [0.5, 0.6) is 5.75 Å². The zero-order valence-electron chi connectivity index (χ0n) is 9.67. The zero-order chi connectivity index (χ0) is 12.5. The van der Waals surface area contributed by atoms with Crippen molar-refractivity contribution in [2.75, 3.05) is 7.11 Å². The van der Waals surface area contributed by atoms with Crippen molar-refractivity contribution < 1.29 is 9.13 Å². The molecule has 2 heterocycles. The van der Waals surface area contributed by atoms with Crippen LogP contribution in [0.25, 0.3) is 17.0 Å². The molecule has 3 aromatic rings. The van der Waals surface area contributed by atoms with E-state index in [2.05, 4.69) is 10.1 Å². The van der Waals surface area contributed by atoms with Crippen molar-refractivity contribution in [3.05, 3.63) is 48.4 Å². The maximum Gasteiger partial charge on any atom is 0.185 e. The average Bonchev–Trinajstić information content (AvgIpc) is 2.81. The monoisotopic (exact) mass is 243 g/mol. The third-order valence-electron chi connectivity index (χ3n) is 2.65. The van der Waals surface area contributed by atoms with E-state index in [1.54, 1.807) is 48.2 Å². The molecule has 18 heavy (non-hydrogen) atoms. The van der Waals surface area contributed by atoms with Crippen molar-refractivity contribution in [1.82, 2.24) is 14.6 Å². The van der Waals surface area contributed by atoms with Gasteiger partial charge in [0.05, 0.1) is 18.9 Å². The molecule has 0 atom stereocenters. The molecule has 5 heteroatoms. The number of nitrogens with zero attached hydrogens (tertiary/aromatic N) is 3. The van der Waals surface area contributed by atoms with Gasteiger partial charge in [0.15, 0.2) is 11.5 Å². The minimum absolute atomic E-state index is 0.333. The molecule has 3 rings (SSSR count). The summed E-state index contributed by atoms with van der Waals surface area (Å²) in [5.74, 6) is 0.703. The van der Waals surface area contributed by atoms with Gasteiger partial charge in [0.2, 0.25) is 0 Å². The van der Waals surface area contributed by atoms with Gasteiger partial charge in [-0.1, -0.05) is 12.1 Å². The lowest BCUT2D eigenvalue weighted by molar-refractivity contribution is 0.411. The van der Waals surface area contributed by atoms with Crippen molar-refractivity contribution in [3.8, 4) is 17.1 Å². The third kappa shape index (κ3) is 1.69. The lowest BCUT2D eigenvalue weighted by Crippen LogP contribution is -1.90. The summed E-state index contributed by atoms with van der Waals surface area (Å²) in [5.41, 5.74) is 1.04. The number of benzene rings is 1. The zero-order valence-corrected chi connectivity index (χ0v) is 9.67. The van der Waals surface area contributed by atoms with E-state index in [9.17, 15) is 4.39 Å². The van der Waals surface area contributed by atoms with Gasteiger partial charge in [-0.3, -0.25) is 0 Å². The number of hydrogen-bond donors (Lipinski definition) is 0. The Kier molecular flexibility index (Phi) is 2.44. The van der Waals surface area contributed by atoms with Crippen molar-refractivity contribution >= 4 is 5.65 Å². The molecule has 0 N–H and O–H groups in total. The fourth-order valence-corrected chi connectivity index (χ4v) is 1.74. The van der Waals surface area contributed by atoms with E-state index in [4.69, 9.17) is 4.74 Å². The van der Waals surface area contributed by atoms with Gasteiger partial charge in [-0.2, -0.15) is 0 Å². The Hall–Kier alpha value is -2.43. The Morgan fingerprint density at radius 2 is 2.00 bits per heavy atom. The molecule has 0 unspecified atom stereocenters. The smallest absolute Gasteiger partial charge is 0.185 e. The molecule has 0 fully saturated rings. The van der Waals surface area contributed by atoms with Crippen LogP contribution in [0, 0.1) is 5.82 Å². The summed E-state index contributed by atoms with van der Waals surface area (Å²) in [6, 6.07) is 10.00. The van der Waals surface area contributed by atoms with Gasteiger partial charge < -0.3 is 4.74 Å². The van der Waals surface area contributed by atoms with E-state index in [1.165, 1.54) is 6.07 Å². The molecule has 0 saturated carbocycles. The van der Waals surface area contributed by atoms with Crippen molar-refractivity contribution in [2.45, 2.75) is 0 Å². The van der Waals surface area contributed by atoms with Crippen LogP contribution in [0.1, 0.15) is 0 Å². The minimum atomic E-state index is -0.333. The molecule has 0 amide bonds. The van der Waals surface area contributed by atoms with Crippen molar-refractivity contribution in [3.63, 3.8) is 0 Å². The van der Waals surface area contributed by atoms with Gasteiger partial charge >= 0.3 is 0 Å². The minimum Gasteiger partial charge on any atom is -0.495 e. The predicted octanol–water partition coefficient (Wildman–Crippen LogP) is 2.54. The number of ether oxygens (including phenoxy) is 1. The summed E-state index contributed by atoms with van der Waals surface area (Å²) < 4.78 is 20.3. The van der Waals surface area contributed by atoms with Gasteiger partial charge in [0, 0.05) is 0 Å². The Morgan fingerprint density at radius 3 is 2.78 bits per heavy atom. The Labute approximate surface area is 103 Å². The first-order chi connectivity index (χ1) is 8.78. The van der Waals surface area contributed by atoms with Crippen molar-refractivity contribution in [2.24, 2.45) is 0 Å². The molecule has 4 nitrogen and oxygen atoms in total. The molecule has 0 spiro atoms. The van der Waals surface area contributed by atoms with Gasteiger partial charge in [0.25, 0.3) is 0 Å². The van der Waals surface area contributed by atoms with Gasteiger partial charge in [-0.15, -0.1) is 5.10 Å². The fourth-order valence-electron chi connectivity index (χ4n) is 1.74. The highest BCUT2D eigenvalue weighted by Gasteiger charge is 2.10. The summed E-state index contributed by atoms with van der Waals surface area (Å²) in [6.07, 6.45) is 1.70. The van der Waals surface area contributed by atoms with E-state index in [1.807, 2.05) is 0 Å². The third-order valence-corrected chi connectivity index (χ3v) is 2.65. The van der Waals surface area contributed by atoms with Crippen LogP contribution in [0.4, 0.5) is 4.39 Å². The average molecular weight is 243 g/mol. The van der Waals surface area contributed by atoms with E-state index in [-0.39, 0.29) is 5.82 Å². The molecule has 0 aliphatic rings. The lowest BCUT2D eigenvalue weighted by atomic mass is 10.2. The van der Waals surface area contributed by atoms with Gasteiger partial charge in [-0.05, 0) is 24.3 Å². The van der Waals surface area contributed by atoms with E-state index >= 15 is 0 Å². The molecule has 90 valence electrons. The highest BCUT2D eigenvalue weighted by atomic mass is 19.1. The molecule has 0 aliphatic carbocycles. The quantitative estimate of drug-likeness (QED) is 0.694. The number of pyridine rings is 1. The van der Waals surface area contributed by atoms with Crippen LogP contribution >= 0.6 is 0 Å². The maximum atomic E-state index is 13.6. The molecule has 2 aromatic heterocycles. The van der Waals surface area contributed by atoms with Crippen molar-refractivity contribution in [1.29, 1.82) is 0 Å². The molecule has 1 aromatic carbocycles. The Bertz CT molecular complexity index is 708. The highest BCUT2D eigenvalue weighted by molar-refractivity contribution is 5.59. The van der Waals surface area contributed by atoms with Crippen LogP contribution in [0.2, 0.25) is 0 Å². The second-order valence-corrected chi connectivity index (χ2v) is 3.79. The highest BCUT2D eigenvalue weighted by Crippen LogP contribution is 2.20. The predicted molar refractivity (Wildman–Crippen MR) is 64.9 cm³/mol. The normalized spacial score (nSPS) is 10.8. The number of methoxy groups -OCH3 is 1. The number of halogens is 1. The topological polar surface area (TPSA) is 39.4 Å². The van der Waals surface area contributed by atoms with Crippen LogP contribution < -0.4 is 4.74 Å². The second-order valence-electron chi connectivity index (χ2n) is 3.79. The molecular formula is C13H10FN3O. The first-order valence-corrected chi connectivity index (χ1v) is 5.43. The summed E-state index contributed by atoms with van der Waals surface area (Å²) in [6.45, 7) is 0. The first kappa shape index (κ1) is 10.7. The van der Waals surface area contributed by atoms with Crippen LogP contribution in [-0.2, 0) is 0 Å². The molecule has 0 aliphatic heterocycles. The number of fused-ring (bicyclic) bond motifs is 1. The number of rotatable bonds is 2. The Morgan fingerprint density at radius 1 is 1.17 bits per heavy atom. The van der Waals surface area contributed by atoms with Crippen LogP contribution in [0.15, 0.2) is 42.6 Å². The van der Waals surface area contributed by atoms with E-state index in [0.717, 1.165) is 0 Å². The summed E-state index contributed by atoms with van der Waals surface area (Å²) in [4.78, 5) is 4.28. The molecular weight excluding hydrogens is 233 g/mol. The molecule has 0 saturated heterocycles. The fraction of sp³-hybridized carbons (Fsp3) is 0.0769. The SMILES string of the molecule is COc1ccc2nc(-c3ccccc3F)nn2c1.